The van der Waals surface area contributed by atoms with Crippen LogP contribution in [0.4, 0.5) is 0 Å². The highest BCUT2D eigenvalue weighted by Crippen LogP contribution is 2.42. The summed E-state index contributed by atoms with van der Waals surface area (Å²) in [5.41, 5.74) is 1.38. The standard InChI is InChI=1S/C25H18BrNO5S/c1-31-17-5-2-4-14(10-17)13-27-22(20-6-3-9-33-20)21(24(29)25(27)30)23(28)19-12-15-11-16(26)7-8-18(15)32-19/h2-12,22,29H,13H2,1H3. The van der Waals surface area contributed by atoms with Crippen LogP contribution in [-0.4, -0.2) is 28.8 Å². The molecule has 0 bridgehead atoms. The number of ether oxygens (including phenoxy) is 1. The third-order valence-corrected chi connectivity index (χ3v) is 6.97. The number of ketones is 1. The van der Waals surface area contributed by atoms with Gasteiger partial charge in [-0.1, -0.05) is 34.1 Å². The van der Waals surface area contributed by atoms with E-state index in [-0.39, 0.29) is 17.9 Å². The lowest BCUT2D eigenvalue weighted by molar-refractivity contribution is -0.130. The summed E-state index contributed by atoms with van der Waals surface area (Å²) >= 11 is 4.83. The third-order valence-electron chi connectivity index (χ3n) is 5.55. The van der Waals surface area contributed by atoms with E-state index in [2.05, 4.69) is 15.9 Å². The number of benzene rings is 2. The Kier molecular flexibility index (Phi) is 5.55. The first-order valence-electron chi connectivity index (χ1n) is 10.1. The third kappa shape index (κ3) is 3.85. The predicted molar refractivity (Wildman–Crippen MR) is 129 cm³/mol. The maximum atomic E-state index is 13.5. The zero-order valence-electron chi connectivity index (χ0n) is 17.4. The molecule has 0 saturated carbocycles. The van der Waals surface area contributed by atoms with E-state index in [0.29, 0.717) is 11.3 Å². The van der Waals surface area contributed by atoms with Crippen molar-refractivity contribution in [2.75, 3.05) is 7.11 Å². The number of nitrogens with zero attached hydrogens (tertiary/aromatic N) is 1. The number of hydrogen-bond acceptors (Lipinski definition) is 6. The largest absolute Gasteiger partial charge is 0.503 e. The molecule has 0 radical (unpaired) electrons. The number of aliphatic hydroxyl groups is 1. The average molecular weight is 524 g/mol. The van der Waals surface area contributed by atoms with E-state index < -0.39 is 23.5 Å². The topological polar surface area (TPSA) is 80.0 Å². The Hall–Kier alpha value is -3.36. The number of aliphatic hydroxyl groups excluding tert-OH is 1. The second-order valence-electron chi connectivity index (χ2n) is 7.59. The Morgan fingerprint density at radius 1 is 1.18 bits per heavy atom. The number of carbonyl (C=O) groups excluding carboxylic acids is 2. The molecule has 1 N–H and O–H groups in total. The number of thiophene rings is 1. The van der Waals surface area contributed by atoms with Gasteiger partial charge in [0.2, 0.25) is 5.78 Å². The molecule has 2 aromatic carbocycles. The van der Waals surface area contributed by atoms with Crippen LogP contribution in [0.1, 0.15) is 27.0 Å². The van der Waals surface area contributed by atoms with Gasteiger partial charge in [-0.05, 0) is 53.4 Å². The van der Waals surface area contributed by atoms with Crippen LogP contribution in [0.2, 0.25) is 0 Å². The lowest BCUT2D eigenvalue weighted by Gasteiger charge is -2.25. The molecule has 0 fully saturated rings. The Morgan fingerprint density at radius 3 is 2.79 bits per heavy atom. The van der Waals surface area contributed by atoms with Gasteiger partial charge in [-0.3, -0.25) is 9.59 Å². The van der Waals surface area contributed by atoms with E-state index in [1.165, 1.54) is 16.2 Å². The SMILES string of the molecule is COc1cccc(CN2C(=O)C(O)=C(C(=O)c3cc4cc(Br)ccc4o3)C2c2cccs2)c1. The molecule has 5 rings (SSSR count). The Bertz CT molecular complexity index is 1410. The number of amides is 1. The molecule has 33 heavy (non-hydrogen) atoms. The number of carbonyl (C=O) groups is 2. The minimum absolute atomic E-state index is 0.0171. The number of rotatable bonds is 6. The highest BCUT2D eigenvalue weighted by Gasteiger charge is 2.45. The van der Waals surface area contributed by atoms with Crippen molar-refractivity contribution in [3.05, 3.63) is 98.0 Å². The van der Waals surface area contributed by atoms with Crippen LogP contribution in [0.15, 0.2) is 86.3 Å². The maximum absolute atomic E-state index is 13.5. The van der Waals surface area contributed by atoms with Crippen LogP contribution in [-0.2, 0) is 11.3 Å². The summed E-state index contributed by atoms with van der Waals surface area (Å²) in [6, 6.07) is 17.4. The van der Waals surface area contributed by atoms with Crippen molar-refractivity contribution >= 4 is 49.9 Å². The second-order valence-corrected chi connectivity index (χ2v) is 9.48. The molecule has 1 aliphatic rings. The summed E-state index contributed by atoms with van der Waals surface area (Å²) in [6.07, 6.45) is 0. The maximum Gasteiger partial charge on any atom is 0.290 e. The number of furan rings is 1. The fraction of sp³-hybridized carbons (Fsp3) is 0.120. The number of Topliss-reactive ketones (excluding diaryl/α,β-unsaturated/α-hetero) is 1. The van der Waals surface area contributed by atoms with Crippen LogP contribution < -0.4 is 4.74 Å². The Labute approximate surface area is 201 Å². The molecule has 2 aromatic heterocycles. The molecule has 3 heterocycles. The second kappa shape index (κ2) is 8.53. The van der Waals surface area contributed by atoms with Crippen LogP contribution in [0, 0.1) is 0 Å². The van der Waals surface area contributed by atoms with E-state index in [0.717, 1.165) is 20.3 Å². The van der Waals surface area contributed by atoms with Crippen molar-refractivity contribution in [3.8, 4) is 5.75 Å². The van der Waals surface area contributed by atoms with Gasteiger partial charge < -0.3 is 19.2 Å². The average Bonchev–Trinajstić information content (AvgIpc) is 3.54. The minimum atomic E-state index is -0.726. The van der Waals surface area contributed by atoms with Crippen molar-refractivity contribution in [2.24, 2.45) is 0 Å². The van der Waals surface area contributed by atoms with Crippen LogP contribution in [0.3, 0.4) is 0 Å². The van der Waals surface area contributed by atoms with E-state index in [1.807, 2.05) is 53.9 Å². The summed E-state index contributed by atoms with van der Waals surface area (Å²) in [6.45, 7) is 0.201. The van der Waals surface area contributed by atoms with Gasteiger partial charge in [-0.25, -0.2) is 0 Å². The van der Waals surface area contributed by atoms with Crippen molar-refractivity contribution in [3.63, 3.8) is 0 Å². The smallest absolute Gasteiger partial charge is 0.290 e. The summed E-state index contributed by atoms with van der Waals surface area (Å²) in [5, 5.41) is 13.4. The number of halogens is 1. The van der Waals surface area contributed by atoms with Gasteiger partial charge in [0.25, 0.3) is 5.91 Å². The van der Waals surface area contributed by atoms with Crippen molar-refractivity contribution in [1.29, 1.82) is 0 Å². The van der Waals surface area contributed by atoms with Crippen molar-refractivity contribution in [2.45, 2.75) is 12.6 Å². The molecule has 1 unspecified atom stereocenters. The molecule has 1 atom stereocenters. The molecule has 1 amide bonds. The van der Waals surface area contributed by atoms with Crippen molar-refractivity contribution < 1.29 is 23.8 Å². The molecule has 8 heteroatoms. The number of methoxy groups -OCH3 is 1. The zero-order valence-corrected chi connectivity index (χ0v) is 19.9. The van der Waals surface area contributed by atoms with Crippen molar-refractivity contribution in [1.82, 2.24) is 4.90 Å². The summed E-state index contributed by atoms with van der Waals surface area (Å²) in [7, 11) is 1.57. The quantitative estimate of drug-likeness (QED) is 0.311. The molecule has 6 nitrogen and oxygen atoms in total. The normalized spacial score (nSPS) is 16.1. The lowest BCUT2D eigenvalue weighted by Crippen LogP contribution is -2.30. The minimum Gasteiger partial charge on any atom is -0.503 e. The molecular formula is C25H18BrNO5S. The van der Waals surface area contributed by atoms with Gasteiger partial charge in [0.05, 0.1) is 12.7 Å². The van der Waals surface area contributed by atoms with E-state index in [9.17, 15) is 14.7 Å². The molecule has 1 aliphatic heterocycles. The predicted octanol–water partition coefficient (Wildman–Crippen LogP) is 6.04. The molecular weight excluding hydrogens is 506 g/mol. The molecule has 166 valence electrons. The van der Waals surface area contributed by atoms with Crippen LogP contribution in [0.5, 0.6) is 5.75 Å². The highest BCUT2D eigenvalue weighted by atomic mass is 79.9. The van der Waals surface area contributed by atoms with Gasteiger partial charge >= 0.3 is 0 Å². The summed E-state index contributed by atoms with van der Waals surface area (Å²) in [4.78, 5) is 29.0. The fourth-order valence-electron chi connectivity index (χ4n) is 4.02. The Balaban J connectivity index is 1.56. The van der Waals surface area contributed by atoms with E-state index in [4.69, 9.17) is 9.15 Å². The molecule has 0 spiro atoms. The van der Waals surface area contributed by atoms with E-state index >= 15 is 0 Å². The first kappa shape index (κ1) is 21.5. The van der Waals surface area contributed by atoms with Gasteiger partial charge in [-0.15, -0.1) is 11.3 Å². The highest BCUT2D eigenvalue weighted by molar-refractivity contribution is 9.10. The molecule has 0 aliphatic carbocycles. The lowest BCUT2D eigenvalue weighted by atomic mass is 10.00. The van der Waals surface area contributed by atoms with Gasteiger partial charge in [0, 0.05) is 21.3 Å². The van der Waals surface area contributed by atoms with E-state index in [1.54, 1.807) is 19.2 Å². The van der Waals surface area contributed by atoms with Gasteiger partial charge in [0.1, 0.15) is 17.4 Å². The zero-order chi connectivity index (χ0) is 23.1. The van der Waals surface area contributed by atoms with Gasteiger partial charge in [0.15, 0.2) is 11.5 Å². The molecule has 0 saturated heterocycles. The summed E-state index contributed by atoms with van der Waals surface area (Å²) in [5.74, 6) is -0.933. The number of fused-ring (bicyclic) bond motifs is 1. The first-order valence-corrected chi connectivity index (χ1v) is 11.8. The van der Waals surface area contributed by atoms with Crippen LogP contribution >= 0.6 is 27.3 Å². The monoisotopic (exact) mass is 523 g/mol. The first-order chi connectivity index (χ1) is 16.0. The fourth-order valence-corrected chi connectivity index (χ4v) is 5.24. The number of hydrogen-bond donors (Lipinski definition) is 1. The summed E-state index contributed by atoms with van der Waals surface area (Å²) < 4.78 is 11.9. The Morgan fingerprint density at radius 2 is 2.03 bits per heavy atom. The van der Waals surface area contributed by atoms with Crippen LogP contribution in [0.25, 0.3) is 11.0 Å². The van der Waals surface area contributed by atoms with Gasteiger partial charge in [-0.2, -0.15) is 0 Å². The molecule has 4 aromatic rings.